The second kappa shape index (κ2) is 6.43. The molecule has 5 nitrogen and oxygen atoms in total. The van der Waals surface area contributed by atoms with Gasteiger partial charge < -0.3 is 10.0 Å². The zero-order chi connectivity index (χ0) is 13.9. The van der Waals surface area contributed by atoms with Gasteiger partial charge in [0.2, 0.25) is 5.91 Å². The molecule has 1 amide bonds. The van der Waals surface area contributed by atoms with Crippen LogP contribution in [0.25, 0.3) is 0 Å². The first-order chi connectivity index (χ1) is 8.32. The Morgan fingerprint density at radius 2 is 2.11 bits per heavy atom. The first-order valence-electron chi connectivity index (χ1n) is 5.63. The van der Waals surface area contributed by atoms with Crippen molar-refractivity contribution in [1.29, 1.82) is 0 Å². The van der Waals surface area contributed by atoms with Crippen LogP contribution in [-0.2, 0) is 14.4 Å². The van der Waals surface area contributed by atoms with Gasteiger partial charge in [0, 0.05) is 25.1 Å². The van der Waals surface area contributed by atoms with Crippen LogP contribution in [-0.4, -0.2) is 50.7 Å². The number of nitrogens with zero attached hydrogens (tertiary/aromatic N) is 1. The molecule has 7 heteroatoms. The van der Waals surface area contributed by atoms with Crippen molar-refractivity contribution >= 4 is 40.4 Å². The van der Waals surface area contributed by atoms with Gasteiger partial charge in [-0.2, -0.15) is 0 Å². The van der Waals surface area contributed by atoms with Crippen molar-refractivity contribution < 1.29 is 19.5 Å². The maximum absolute atomic E-state index is 12.1. The molecule has 1 saturated heterocycles. The Bertz CT molecular complexity index is 363. The van der Waals surface area contributed by atoms with Crippen LogP contribution in [0.5, 0.6) is 0 Å². The Labute approximate surface area is 115 Å². The van der Waals surface area contributed by atoms with Crippen molar-refractivity contribution in [2.24, 2.45) is 5.92 Å². The number of thioether (sulfide) groups is 1. The maximum atomic E-state index is 12.1. The van der Waals surface area contributed by atoms with Crippen molar-refractivity contribution in [2.75, 3.05) is 12.3 Å². The lowest BCUT2D eigenvalue weighted by molar-refractivity contribution is -0.149. The van der Waals surface area contributed by atoms with E-state index in [0.717, 1.165) is 11.8 Å². The minimum absolute atomic E-state index is 0.0546. The third kappa shape index (κ3) is 3.88. The van der Waals surface area contributed by atoms with E-state index in [1.54, 1.807) is 6.92 Å². The molecule has 3 atom stereocenters. The second-order valence-electron chi connectivity index (χ2n) is 4.38. The van der Waals surface area contributed by atoms with Crippen LogP contribution in [0.4, 0.5) is 0 Å². The Morgan fingerprint density at radius 1 is 1.50 bits per heavy atom. The molecule has 1 heterocycles. The van der Waals surface area contributed by atoms with E-state index in [9.17, 15) is 14.4 Å². The Hall–Kier alpha value is -0.750. The largest absolute Gasteiger partial charge is 0.480 e. The van der Waals surface area contributed by atoms with E-state index in [-0.39, 0.29) is 35.3 Å². The van der Waals surface area contributed by atoms with Gasteiger partial charge in [-0.15, -0.1) is 11.6 Å². The van der Waals surface area contributed by atoms with Crippen LogP contribution >= 0.6 is 23.4 Å². The standard InChI is InChI=1S/C11H16ClNO4S/c1-6(5-18-7(2)14)10(15)13-4-8(12)3-9(13)11(16)17/h6,8-9H,3-5H2,1-2H3,(H,16,17)/t6?,8?,9-/m0/s1. The lowest BCUT2D eigenvalue weighted by Gasteiger charge is -2.24. The van der Waals surface area contributed by atoms with Gasteiger partial charge in [0.25, 0.3) is 0 Å². The lowest BCUT2D eigenvalue weighted by atomic mass is 10.1. The maximum Gasteiger partial charge on any atom is 0.326 e. The first-order valence-corrected chi connectivity index (χ1v) is 7.05. The van der Waals surface area contributed by atoms with E-state index in [0.29, 0.717) is 5.75 Å². The Morgan fingerprint density at radius 3 is 2.61 bits per heavy atom. The van der Waals surface area contributed by atoms with E-state index in [4.69, 9.17) is 16.7 Å². The number of hydrogen-bond acceptors (Lipinski definition) is 4. The topological polar surface area (TPSA) is 74.7 Å². The molecule has 0 aromatic carbocycles. The summed E-state index contributed by atoms with van der Waals surface area (Å²) in [6.07, 6.45) is 0.273. The van der Waals surface area contributed by atoms with Gasteiger partial charge in [-0.25, -0.2) is 4.79 Å². The molecule has 0 radical (unpaired) electrons. The molecule has 18 heavy (non-hydrogen) atoms. The highest BCUT2D eigenvalue weighted by Crippen LogP contribution is 2.25. The zero-order valence-corrected chi connectivity index (χ0v) is 11.8. The van der Waals surface area contributed by atoms with Crippen LogP contribution < -0.4 is 0 Å². The number of carboxylic acid groups (broad SMARTS) is 1. The molecule has 1 aliphatic rings. The summed E-state index contributed by atoms with van der Waals surface area (Å²) in [5.41, 5.74) is 0. The van der Waals surface area contributed by atoms with E-state index in [2.05, 4.69) is 0 Å². The number of rotatable bonds is 4. The van der Waals surface area contributed by atoms with Gasteiger partial charge in [0.05, 0.1) is 5.38 Å². The van der Waals surface area contributed by atoms with Gasteiger partial charge in [-0.05, 0) is 6.42 Å². The number of likely N-dealkylation sites (tertiary alicyclic amines) is 1. The molecule has 0 aliphatic carbocycles. The third-order valence-corrected chi connectivity index (χ3v) is 4.17. The second-order valence-corrected chi connectivity index (χ2v) is 6.20. The molecule has 0 aromatic rings. The molecule has 102 valence electrons. The molecule has 1 fully saturated rings. The summed E-state index contributed by atoms with van der Waals surface area (Å²) in [5.74, 6) is -1.30. The number of hydrogen-bond donors (Lipinski definition) is 1. The van der Waals surface area contributed by atoms with Crippen molar-refractivity contribution in [3.05, 3.63) is 0 Å². The highest BCUT2D eigenvalue weighted by molar-refractivity contribution is 8.13. The fourth-order valence-corrected chi connectivity index (χ4v) is 2.80. The molecule has 0 aromatic heterocycles. The van der Waals surface area contributed by atoms with Gasteiger partial charge >= 0.3 is 5.97 Å². The average molecular weight is 294 g/mol. The van der Waals surface area contributed by atoms with E-state index < -0.39 is 12.0 Å². The van der Waals surface area contributed by atoms with Gasteiger partial charge in [0.1, 0.15) is 6.04 Å². The van der Waals surface area contributed by atoms with Crippen LogP contribution in [0.1, 0.15) is 20.3 Å². The molecular weight excluding hydrogens is 278 g/mol. The molecule has 1 N–H and O–H groups in total. The van der Waals surface area contributed by atoms with Crippen molar-refractivity contribution in [3.63, 3.8) is 0 Å². The molecule has 0 saturated carbocycles. The van der Waals surface area contributed by atoms with Gasteiger partial charge in [-0.1, -0.05) is 18.7 Å². The number of carbonyl (C=O) groups is 3. The lowest BCUT2D eigenvalue weighted by Crippen LogP contribution is -2.43. The molecule has 1 aliphatic heterocycles. The van der Waals surface area contributed by atoms with E-state index in [1.165, 1.54) is 11.8 Å². The third-order valence-electron chi connectivity index (χ3n) is 2.78. The summed E-state index contributed by atoms with van der Waals surface area (Å²) >= 11 is 6.98. The van der Waals surface area contributed by atoms with Crippen molar-refractivity contribution in [3.8, 4) is 0 Å². The quantitative estimate of drug-likeness (QED) is 0.788. The van der Waals surface area contributed by atoms with Crippen LogP contribution in [0, 0.1) is 5.92 Å². The highest BCUT2D eigenvalue weighted by atomic mass is 35.5. The normalized spacial score (nSPS) is 24.9. The fraction of sp³-hybridized carbons (Fsp3) is 0.727. The number of carboxylic acids is 1. The van der Waals surface area contributed by atoms with Crippen LogP contribution in [0.15, 0.2) is 0 Å². The summed E-state index contributed by atoms with van der Waals surface area (Å²) in [6.45, 7) is 3.39. The number of alkyl halides is 1. The fourth-order valence-electron chi connectivity index (χ4n) is 1.86. The Balaban J connectivity index is 2.64. The molecule has 0 spiro atoms. The van der Waals surface area contributed by atoms with E-state index in [1.807, 2.05) is 0 Å². The summed E-state index contributed by atoms with van der Waals surface area (Å²) in [5, 5.41) is 8.67. The monoisotopic (exact) mass is 293 g/mol. The minimum atomic E-state index is -1.03. The van der Waals surface area contributed by atoms with Crippen LogP contribution in [0.3, 0.4) is 0 Å². The summed E-state index contributed by atoms with van der Waals surface area (Å²) in [7, 11) is 0. The van der Waals surface area contributed by atoms with Crippen LogP contribution in [0.2, 0.25) is 0 Å². The number of amides is 1. The molecular formula is C11H16ClNO4S. The molecule has 2 unspecified atom stereocenters. The van der Waals surface area contributed by atoms with Crippen molar-refractivity contribution in [2.45, 2.75) is 31.7 Å². The van der Waals surface area contributed by atoms with Crippen molar-refractivity contribution in [1.82, 2.24) is 4.90 Å². The van der Waals surface area contributed by atoms with Gasteiger partial charge in [0.15, 0.2) is 5.12 Å². The summed E-state index contributed by atoms with van der Waals surface area (Å²) in [4.78, 5) is 35.3. The summed E-state index contributed by atoms with van der Waals surface area (Å²) in [6, 6.07) is -0.843. The average Bonchev–Trinajstić information content (AvgIpc) is 2.67. The molecule has 0 bridgehead atoms. The van der Waals surface area contributed by atoms with Gasteiger partial charge in [-0.3, -0.25) is 9.59 Å². The Kier molecular flexibility index (Phi) is 5.47. The van der Waals surface area contributed by atoms with E-state index >= 15 is 0 Å². The predicted octanol–water partition coefficient (Wildman–Crippen LogP) is 1.20. The molecule has 1 rings (SSSR count). The predicted molar refractivity (Wildman–Crippen MR) is 69.7 cm³/mol. The number of carbonyl (C=O) groups excluding carboxylic acids is 2. The summed E-state index contributed by atoms with van der Waals surface area (Å²) < 4.78 is 0. The smallest absolute Gasteiger partial charge is 0.326 e. The zero-order valence-electron chi connectivity index (χ0n) is 10.3. The number of aliphatic carboxylic acids is 1. The minimum Gasteiger partial charge on any atom is -0.480 e. The number of halogens is 1. The SMILES string of the molecule is CC(=O)SCC(C)C(=O)N1CC(Cl)C[C@H]1C(=O)O. The highest BCUT2D eigenvalue weighted by Gasteiger charge is 2.40. The first kappa shape index (κ1) is 15.3.